The van der Waals surface area contributed by atoms with Gasteiger partial charge in [-0.2, -0.15) is 5.26 Å². The summed E-state index contributed by atoms with van der Waals surface area (Å²) < 4.78 is 10.5. The van der Waals surface area contributed by atoms with E-state index in [4.69, 9.17) is 9.15 Å². The lowest BCUT2D eigenvalue weighted by Gasteiger charge is -2.31. The number of carbonyl (C=O) groups excluding carboxylic acids is 3. The van der Waals surface area contributed by atoms with Crippen LogP contribution < -0.4 is 5.32 Å². The molecule has 1 N–H and O–H groups in total. The Kier molecular flexibility index (Phi) is 6.29. The minimum Gasteiger partial charge on any atom is -0.466 e. The van der Waals surface area contributed by atoms with Crippen molar-refractivity contribution in [1.29, 1.82) is 5.26 Å². The average molecular weight is 405 g/mol. The summed E-state index contributed by atoms with van der Waals surface area (Å²) in [5.41, 5.74) is -0.874. The summed E-state index contributed by atoms with van der Waals surface area (Å²) in [4.78, 5) is 38.3. The predicted molar refractivity (Wildman–Crippen MR) is 101 cm³/mol. The van der Waals surface area contributed by atoms with Crippen LogP contribution in [0.3, 0.4) is 0 Å². The van der Waals surface area contributed by atoms with Crippen LogP contribution in [0.2, 0.25) is 0 Å². The highest BCUT2D eigenvalue weighted by Crippen LogP contribution is 2.41. The summed E-state index contributed by atoms with van der Waals surface area (Å²) in [6.45, 7) is 0.912. The number of hydrogen-bond donors (Lipinski definition) is 1. The van der Waals surface area contributed by atoms with E-state index in [2.05, 4.69) is 11.4 Å². The van der Waals surface area contributed by atoms with Crippen LogP contribution >= 0.6 is 11.8 Å². The smallest absolute Gasteiger partial charge is 0.330 e. The van der Waals surface area contributed by atoms with Crippen molar-refractivity contribution in [2.24, 2.45) is 0 Å². The summed E-state index contributed by atoms with van der Waals surface area (Å²) in [7, 11) is 0. The number of ether oxygens (including phenoxy) is 1. The molecule has 9 heteroatoms. The number of amides is 2. The third-order valence-electron chi connectivity index (χ3n) is 5.07. The molecule has 0 radical (unpaired) electrons. The molecule has 0 aromatic carbocycles. The molecule has 1 aliphatic carbocycles. The van der Waals surface area contributed by atoms with Gasteiger partial charge in [0.15, 0.2) is 6.61 Å². The van der Waals surface area contributed by atoms with E-state index >= 15 is 0 Å². The van der Waals surface area contributed by atoms with Crippen LogP contribution in [0.4, 0.5) is 0 Å². The van der Waals surface area contributed by atoms with Crippen molar-refractivity contribution in [1.82, 2.24) is 10.2 Å². The van der Waals surface area contributed by atoms with Crippen molar-refractivity contribution in [3.05, 3.63) is 24.2 Å². The van der Waals surface area contributed by atoms with Crippen LogP contribution in [0, 0.1) is 11.3 Å². The van der Waals surface area contributed by atoms with E-state index in [1.165, 1.54) is 29.8 Å². The second-order valence-electron chi connectivity index (χ2n) is 7.05. The molecule has 1 aliphatic heterocycles. The number of esters is 1. The topological polar surface area (TPSA) is 113 Å². The van der Waals surface area contributed by atoms with Gasteiger partial charge in [0.25, 0.3) is 5.91 Å². The molecule has 8 nitrogen and oxygen atoms in total. The number of nitrogens with one attached hydrogen (secondary N) is 1. The third kappa shape index (κ3) is 4.33. The fraction of sp³-hybridized carbons (Fsp3) is 0.579. The van der Waals surface area contributed by atoms with Crippen molar-refractivity contribution in [2.75, 3.05) is 12.4 Å². The lowest BCUT2D eigenvalue weighted by molar-refractivity contribution is -0.156. The Balaban J connectivity index is 1.57. The van der Waals surface area contributed by atoms with Gasteiger partial charge in [0.2, 0.25) is 5.91 Å². The van der Waals surface area contributed by atoms with Crippen molar-refractivity contribution in [3.8, 4) is 6.07 Å². The molecule has 2 aliphatic rings. The normalized spacial score (nSPS) is 23.6. The van der Waals surface area contributed by atoms with Crippen molar-refractivity contribution >= 4 is 29.5 Å². The van der Waals surface area contributed by atoms with Gasteiger partial charge < -0.3 is 19.4 Å². The van der Waals surface area contributed by atoms with E-state index in [1.807, 2.05) is 0 Å². The lowest BCUT2D eigenvalue weighted by atomic mass is 9.83. The standard InChI is InChI=1S/C19H23N3O5S/c1-13(23)22-14(11-28-17(22)15-6-5-9-26-15)18(25)27-10-16(24)21-19(12-20)7-3-2-4-8-19/h5-6,9,14,17H,2-4,7-8,10-11H2,1H3,(H,21,24)/t14-,17-/m0/s1. The van der Waals surface area contributed by atoms with Crippen LogP contribution in [0.25, 0.3) is 0 Å². The molecule has 2 heterocycles. The van der Waals surface area contributed by atoms with Gasteiger partial charge in [0.05, 0.1) is 12.3 Å². The van der Waals surface area contributed by atoms with Crippen LogP contribution in [-0.2, 0) is 19.1 Å². The van der Waals surface area contributed by atoms with E-state index in [0.29, 0.717) is 24.4 Å². The Morgan fingerprint density at radius 2 is 2.14 bits per heavy atom. The summed E-state index contributed by atoms with van der Waals surface area (Å²) in [6.07, 6.45) is 5.53. The van der Waals surface area contributed by atoms with Gasteiger partial charge in [-0.1, -0.05) is 19.3 Å². The van der Waals surface area contributed by atoms with E-state index in [1.54, 1.807) is 12.1 Å². The first-order valence-electron chi connectivity index (χ1n) is 9.28. The summed E-state index contributed by atoms with van der Waals surface area (Å²) >= 11 is 1.41. The number of furan rings is 1. The minimum absolute atomic E-state index is 0.275. The number of thioether (sulfide) groups is 1. The number of hydrogen-bond acceptors (Lipinski definition) is 7. The Morgan fingerprint density at radius 3 is 2.75 bits per heavy atom. The second kappa shape index (κ2) is 8.69. The van der Waals surface area contributed by atoms with Crippen LogP contribution in [0.5, 0.6) is 0 Å². The van der Waals surface area contributed by atoms with Gasteiger partial charge in [0.1, 0.15) is 22.7 Å². The molecule has 2 fully saturated rings. The molecule has 0 bridgehead atoms. The first-order chi connectivity index (χ1) is 13.5. The van der Waals surface area contributed by atoms with Crippen molar-refractivity contribution in [2.45, 2.75) is 56.0 Å². The second-order valence-corrected chi connectivity index (χ2v) is 8.17. The van der Waals surface area contributed by atoms with Crippen molar-refractivity contribution in [3.63, 3.8) is 0 Å². The highest BCUT2D eigenvalue weighted by Gasteiger charge is 2.43. The molecular weight excluding hydrogens is 382 g/mol. The molecule has 1 aromatic rings. The molecular formula is C19H23N3O5S. The van der Waals surface area contributed by atoms with Gasteiger partial charge in [0, 0.05) is 12.7 Å². The van der Waals surface area contributed by atoms with Gasteiger partial charge in [-0.3, -0.25) is 9.59 Å². The van der Waals surface area contributed by atoms with Gasteiger partial charge in [-0.25, -0.2) is 4.79 Å². The number of nitriles is 1. The highest BCUT2D eigenvalue weighted by molar-refractivity contribution is 7.99. The van der Waals surface area contributed by atoms with E-state index in [0.717, 1.165) is 19.3 Å². The summed E-state index contributed by atoms with van der Waals surface area (Å²) in [5.74, 6) is -0.473. The molecule has 2 amide bonds. The zero-order valence-electron chi connectivity index (χ0n) is 15.7. The highest BCUT2D eigenvalue weighted by atomic mass is 32.2. The lowest BCUT2D eigenvalue weighted by Crippen LogP contribution is -2.50. The minimum atomic E-state index is -0.874. The van der Waals surface area contributed by atoms with Crippen molar-refractivity contribution < 1.29 is 23.5 Å². The first-order valence-corrected chi connectivity index (χ1v) is 10.3. The Labute approximate surface area is 167 Å². The monoisotopic (exact) mass is 405 g/mol. The zero-order chi connectivity index (χ0) is 20.1. The van der Waals surface area contributed by atoms with Crippen LogP contribution in [-0.4, -0.2) is 46.6 Å². The van der Waals surface area contributed by atoms with Gasteiger partial charge in [-0.05, 0) is 25.0 Å². The Hall–Kier alpha value is -2.47. The number of rotatable bonds is 5. The molecule has 1 saturated heterocycles. The maximum absolute atomic E-state index is 12.5. The summed E-state index contributed by atoms with van der Waals surface area (Å²) in [6, 6.07) is 4.88. The average Bonchev–Trinajstić information content (AvgIpc) is 3.36. The van der Waals surface area contributed by atoms with E-state index in [-0.39, 0.29) is 5.91 Å². The quantitative estimate of drug-likeness (QED) is 0.747. The fourth-order valence-electron chi connectivity index (χ4n) is 3.68. The number of nitrogens with zero attached hydrogens (tertiary/aromatic N) is 2. The molecule has 2 atom stereocenters. The van der Waals surface area contributed by atoms with E-state index in [9.17, 15) is 19.6 Å². The Bertz CT molecular complexity index is 767. The van der Waals surface area contributed by atoms with Crippen LogP contribution in [0.1, 0.15) is 50.2 Å². The van der Waals surface area contributed by atoms with Gasteiger partial charge >= 0.3 is 5.97 Å². The molecule has 1 aromatic heterocycles. The largest absolute Gasteiger partial charge is 0.466 e. The van der Waals surface area contributed by atoms with E-state index < -0.39 is 35.4 Å². The SMILES string of the molecule is CC(=O)N1[C@H](C(=O)OCC(=O)NC2(C#N)CCCCC2)CS[C@H]1c1ccco1. The number of carbonyl (C=O) groups is 3. The predicted octanol–water partition coefficient (Wildman–Crippen LogP) is 2.13. The molecule has 1 saturated carbocycles. The maximum Gasteiger partial charge on any atom is 0.330 e. The van der Waals surface area contributed by atoms with Crippen LogP contribution in [0.15, 0.2) is 22.8 Å². The maximum atomic E-state index is 12.5. The Morgan fingerprint density at radius 1 is 1.39 bits per heavy atom. The van der Waals surface area contributed by atoms with Gasteiger partial charge in [-0.15, -0.1) is 11.8 Å². The first kappa shape index (κ1) is 20.3. The molecule has 3 rings (SSSR count). The molecule has 0 spiro atoms. The zero-order valence-corrected chi connectivity index (χ0v) is 16.5. The summed E-state index contributed by atoms with van der Waals surface area (Å²) in [5, 5.41) is 11.7. The fourth-order valence-corrected chi connectivity index (χ4v) is 5.10. The third-order valence-corrected chi connectivity index (χ3v) is 6.35. The molecule has 0 unspecified atom stereocenters. The molecule has 28 heavy (non-hydrogen) atoms. The molecule has 150 valence electrons.